The number of hydrogen-bond acceptors (Lipinski definition) is 3. The zero-order valence-corrected chi connectivity index (χ0v) is 10.8. The number of ether oxygens (including phenoxy) is 2. The van der Waals surface area contributed by atoms with Gasteiger partial charge in [0.1, 0.15) is 5.75 Å². The van der Waals surface area contributed by atoms with Crippen LogP contribution in [0.4, 0.5) is 4.79 Å². The Hall–Kier alpha value is -1.71. The Balaban J connectivity index is 2.72. The predicted octanol–water partition coefficient (Wildman–Crippen LogP) is 2.21. The van der Waals surface area contributed by atoms with Crippen LogP contribution in [0.5, 0.6) is 5.75 Å². The number of rotatable bonds is 4. The van der Waals surface area contributed by atoms with Crippen molar-refractivity contribution in [2.75, 3.05) is 20.8 Å². The summed E-state index contributed by atoms with van der Waals surface area (Å²) in [6, 6.07) is 4.15. The van der Waals surface area contributed by atoms with Gasteiger partial charge in [-0.25, -0.2) is 4.79 Å². The van der Waals surface area contributed by atoms with E-state index in [1.54, 1.807) is 7.11 Å². The molecule has 0 aliphatic rings. The summed E-state index contributed by atoms with van der Waals surface area (Å²) in [4.78, 5) is 10.9. The van der Waals surface area contributed by atoms with Gasteiger partial charge in [-0.05, 0) is 31.4 Å². The minimum absolute atomic E-state index is 0.409. The number of methoxy groups -OCH3 is 2. The second-order valence-corrected chi connectivity index (χ2v) is 3.94. The standard InChI is InChI=1S/C13H19NO3/c1-9-7-10(2)12(16-3)11(8-9)5-6-14-13(15)17-4/h7-8H,5-6H2,1-4H3,(H,14,15). The van der Waals surface area contributed by atoms with Gasteiger partial charge < -0.3 is 14.8 Å². The molecular formula is C13H19NO3. The van der Waals surface area contributed by atoms with Crippen LogP contribution in [0.15, 0.2) is 12.1 Å². The van der Waals surface area contributed by atoms with E-state index in [4.69, 9.17) is 4.74 Å². The maximum atomic E-state index is 10.9. The van der Waals surface area contributed by atoms with Crippen LogP contribution in [0.3, 0.4) is 0 Å². The van der Waals surface area contributed by atoms with E-state index in [9.17, 15) is 4.79 Å². The molecule has 0 radical (unpaired) electrons. The third-order valence-electron chi connectivity index (χ3n) is 2.55. The van der Waals surface area contributed by atoms with Gasteiger partial charge in [-0.2, -0.15) is 0 Å². The van der Waals surface area contributed by atoms with E-state index < -0.39 is 6.09 Å². The number of hydrogen-bond donors (Lipinski definition) is 1. The smallest absolute Gasteiger partial charge is 0.406 e. The van der Waals surface area contributed by atoms with Crippen LogP contribution in [-0.4, -0.2) is 26.9 Å². The number of carbonyl (C=O) groups excluding carboxylic acids is 1. The zero-order chi connectivity index (χ0) is 12.8. The molecule has 0 saturated heterocycles. The number of amides is 1. The zero-order valence-electron chi connectivity index (χ0n) is 10.8. The molecule has 0 bridgehead atoms. The fourth-order valence-corrected chi connectivity index (χ4v) is 1.89. The molecule has 94 valence electrons. The Kier molecular flexibility index (Phi) is 4.82. The van der Waals surface area contributed by atoms with Gasteiger partial charge in [0, 0.05) is 6.54 Å². The van der Waals surface area contributed by atoms with Crippen molar-refractivity contribution in [3.8, 4) is 5.75 Å². The van der Waals surface area contributed by atoms with Crippen LogP contribution >= 0.6 is 0 Å². The molecule has 1 aromatic carbocycles. The first-order valence-electron chi connectivity index (χ1n) is 5.54. The van der Waals surface area contributed by atoms with Crippen molar-refractivity contribution in [2.45, 2.75) is 20.3 Å². The second kappa shape index (κ2) is 6.13. The topological polar surface area (TPSA) is 47.6 Å². The van der Waals surface area contributed by atoms with E-state index in [2.05, 4.69) is 22.2 Å². The summed E-state index contributed by atoms with van der Waals surface area (Å²) in [6.07, 6.45) is 0.314. The molecule has 1 amide bonds. The van der Waals surface area contributed by atoms with Gasteiger partial charge in [0.15, 0.2) is 0 Å². The predicted molar refractivity (Wildman–Crippen MR) is 66.6 cm³/mol. The van der Waals surface area contributed by atoms with Crippen LogP contribution < -0.4 is 10.1 Å². The molecule has 0 spiro atoms. The highest BCUT2D eigenvalue weighted by Gasteiger charge is 2.08. The van der Waals surface area contributed by atoms with Crippen LogP contribution in [0.25, 0.3) is 0 Å². The molecule has 0 saturated carbocycles. The van der Waals surface area contributed by atoms with Gasteiger partial charge in [0.05, 0.1) is 14.2 Å². The lowest BCUT2D eigenvalue weighted by Gasteiger charge is -2.13. The van der Waals surface area contributed by atoms with E-state index in [1.165, 1.54) is 12.7 Å². The van der Waals surface area contributed by atoms with Gasteiger partial charge in [-0.3, -0.25) is 0 Å². The van der Waals surface area contributed by atoms with E-state index >= 15 is 0 Å². The molecule has 4 nitrogen and oxygen atoms in total. The molecule has 0 heterocycles. The monoisotopic (exact) mass is 237 g/mol. The lowest BCUT2D eigenvalue weighted by atomic mass is 10.0. The largest absolute Gasteiger partial charge is 0.496 e. The third-order valence-corrected chi connectivity index (χ3v) is 2.55. The van der Waals surface area contributed by atoms with Crippen molar-refractivity contribution in [3.63, 3.8) is 0 Å². The fraction of sp³-hybridized carbons (Fsp3) is 0.462. The van der Waals surface area contributed by atoms with Gasteiger partial charge in [-0.1, -0.05) is 17.7 Å². The van der Waals surface area contributed by atoms with Crippen molar-refractivity contribution in [2.24, 2.45) is 0 Å². The highest BCUT2D eigenvalue weighted by Crippen LogP contribution is 2.25. The van der Waals surface area contributed by atoms with E-state index in [0.717, 1.165) is 23.3 Å². The number of benzene rings is 1. The Morgan fingerprint density at radius 1 is 1.29 bits per heavy atom. The van der Waals surface area contributed by atoms with Crippen molar-refractivity contribution in [1.29, 1.82) is 0 Å². The molecule has 0 fully saturated rings. The summed E-state index contributed by atoms with van der Waals surface area (Å²) in [5.41, 5.74) is 3.40. The average Bonchev–Trinajstić information content (AvgIpc) is 2.28. The molecule has 1 rings (SSSR count). The van der Waals surface area contributed by atoms with Crippen molar-refractivity contribution in [1.82, 2.24) is 5.32 Å². The molecule has 0 aliphatic carbocycles. The Morgan fingerprint density at radius 3 is 2.59 bits per heavy atom. The Labute approximate surface area is 102 Å². The summed E-state index contributed by atoms with van der Waals surface area (Å²) in [5, 5.41) is 2.65. The fourth-order valence-electron chi connectivity index (χ4n) is 1.89. The molecule has 0 unspecified atom stereocenters. The van der Waals surface area contributed by atoms with Gasteiger partial charge in [-0.15, -0.1) is 0 Å². The molecule has 1 aromatic rings. The second-order valence-electron chi connectivity index (χ2n) is 3.94. The van der Waals surface area contributed by atoms with Crippen LogP contribution in [0, 0.1) is 13.8 Å². The van der Waals surface area contributed by atoms with Crippen molar-refractivity contribution >= 4 is 6.09 Å². The SMILES string of the molecule is COC(=O)NCCc1cc(C)cc(C)c1OC. The number of carbonyl (C=O) groups is 1. The highest BCUT2D eigenvalue weighted by atomic mass is 16.5. The lowest BCUT2D eigenvalue weighted by molar-refractivity contribution is 0.171. The number of aryl methyl sites for hydroxylation is 2. The first-order valence-corrected chi connectivity index (χ1v) is 5.54. The maximum Gasteiger partial charge on any atom is 0.406 e. The minimum atomic E-state index is -0.409. The molecule has 0 atom stereocenters. The van der Waals surface area contributed by atoms with Gasteiger partial charge >= 0.3 is 6.09 Å². The van der Waals surface area contributed by atoms with Crippen molar-refractivity contribution in [3.05, 3.63) is 28.8 Å². The van der Waals surface area contributed by atoms with E-state index in [-0.39, 0.29) is 0 Å². The third kappa shape index (κ3) is 3.66. The Bertz CT molecular complexity index is 402. The summed E-state index contributed by atoms with van der Waals surface area (Å²) < 4.78 is 9.88. The van der Waals surface area contributed by atoms with E-state index in [0.29, 0.717) is 6.54 Å². The average molecular weight is 237 g/mol. The molecule has 1 N–H and O–H groups in total. The van der Waals surface area contributed by atoms with Crippen LogP contribution in [0.1, 0.15) is 16.7 Å². The quantitative estimate of drug-likeness (QED) is 0.873. The highest BCUT2D eigenvalue weighted by molar-refractivity contribution is 5.66. The van der Waals surface area contributed by atoms with Gasteiger partial charge in [0.2, 0.25) is 0 Å². The first kappa shape index (κ1) is 13.4. The van der Waals surface area contributed by atoms with Crippen molar-refractivity contribution < 1.29 is 14.3 Å². The summed E-state index contributed by atoms with van der Waals surface area (Å²) in [7, 11) is 3.02. The molecular weight excluding hydrogens is 218 g/mol. The Morgan fingerprint density at radius 2 is 2.00 bits per heavy atom. The maximum absolute atomic E-state index is 10.9. The van der Waals surface area contributed by atoms with Crippen LogP contribution in [-0.2, 0) is 11.2 Å². The van der Waals surface area contributed by atoms with E-state index in [1.807, 2.05) is 13.8 Å². The molecule has 0 aromatic heterocycles. The summed E-state index contributed by atoms with van der Waals surface area (Å²) in [6.45, 7) is 4.60. The molecule has 0 aliphatic heterocycles. The normalized spacial score (nSPS) is 9.88. The lowest BCUT2D eigenvalue weighted by Crippen LogP contribution is -2.25. The minimum Gasteiger partial charge on any atom is -0.496 e. The first-order chi connectivity index (χ1) is 8.08. The van der Waals surface area contributed by atoms with Gasteiger partial charge in [0.25, 0.3) is 0 Å². The number of alkyl carbamates (subject to hydrolysis) is 1. The summed E-state index contributed by atoms with van der Waals surface area (Å²) >= 11 is 0. The van der Waals surface area contributed by atoms with Crippen LogP contribution in [0.2, 0.25) is 0 Å². The number of nitrogens with one attached hydrogen (secondary N) is 1. The molecule has 17 heavy (non-hydrogen) atoms. The molecule has 4 heteroatoms. The summed E-state index contributed by atoms with van der Waals surface area (Å²) in [5.74, 6) is 0.891.